The fourth-order valence-electron chi connectivity index (χ4n) is 4.03. The molecule has 1 fully saturated rings. The number of H-pyrrole nitrogens is 1. The first-order valence-electron chi connectivity index (χ1n) is 9.15. The van der Waals surface area contributed by atoms with Crippen LogP contribution in [0.15, 0.2) is 12.3 Å². The van der Waals surface area contributed by atoms with Gasteiger partial charge in [-0.2, -0.15) is 23.5 Å². The number of hydrogen-bond acceptors (Lipinski definition) is 6. The number of hydrogen-bond donors (Lipinski definition) is 3. The van der Waals surface area contributed by atoms with Gasteiger partial charge >= 0.3 is 6.18 Å². The average Bonchev–Trinajstić information content (AvgIpc) is 3.10. The normalized spacial score (nSPS) is 22.4. The first-order valence-corrected chi connectivity index (χ1v) is 9.15. The van der Waals surface area contributed by atoms with Crippen molar-refractivity contribution >= 4 is 17.4 Å². The SMILES string of the molecule is N#Cc1ncc(N2CCC(c3n[nH]c4c3[C@@H](C(F)(F)F)[C@@H](O)C(=O)N4)CC2)cc1F. The number of rotatable bonds is 2. The van der Waals surface area contributed by atoms with Crippen molar-refractivity contribution in [3.8, 4) is 6.07 Å². The zero-order valence-electron chi connectivity index (χ0n) is 15.4. The van der Waals surface area contributed by atoms with Crippen LogP contribution in [0.5, 0.6) is 0 Å². The van der Waals surface area contributed by atoms with Gasteiger partial charge in [-0.05, 0) is 12.8 Å². The van der Waals surface area contributed by atoms with Gasteiger partial charge in [-0.3, -0.25) is 9.89 Å². The number of aromatic amines is 1. The fraction of sp³-hybridized carbons (Fsp3) is 0.444. The van der Waals surface area contributed by atoms with Crippen LogP contribution in [-0.2, 0) is 4.79 Å². The molecule has 2 aromatic rings. The van der Waals surface area contributed by atoms with Crippen LogP contribution in [0.4, 0.5) is 29.1 Å². The topological polar surface area (TPSA) is 118 Å². The number of aliphatic hydroxyl groups excluding tert-OH is 1. The molecule has 3 N–H and O–H groups in total. The molecule has 2 aromatic heterocycles. The molecule has 0 radical (unpaired) electrons. The summed E-state index contributed by atoms with van der Waals surface area (Å²) in [4.78, 5) is 17.3. The van der Waals surface area contributed by atoms with E-state index in [0.29, 0.717) is 31.6 Å². The van der Waals surface area contributed by atoms with Gasteiger partial charge in [0.1, 0.15) is 23.9 Å². The molecule has 0 spiro atoms. The first-order chi connectivity index (χ1) is 14.2. The Kier molecular flexibility index (Phi) is 4.85. The Morgan fingerprint density at radius 2 is 2.00 bits per heavy atom. The molecule has 0 bridgehead atoms. The minimum absolute atomic E-state index is 0.150. The minimum Gasteiger partial charge on any atom is -0.382 e. The maximum absolute atomic E-state index is 13.8. The third-order valence-corrected chi connectivity index (χ3v) is 5.51. The summed E-state index contributed by atoms with van der Waals surface area (Å²) in [5.41, 5.74) is 0.0923. The van der Waals surface area contributed by atoms with Gasteiger partial charge in [0.25, 0.3) is 5.91 Å². The third-order valence-electron chi connectivity index (χ3n) is 5.51. The van der Waals surface area contributed by atoms with E-state index in [1.54, 1.807) is 6.07 Å². The number of alkyl halides is 3. The second-order valence-electron chi connectivity index (χ2n) is 7.25. The molecule has 4 rings (SSSR count). The number of nitriles is 1. The monoisotopic (exact) mass is 424 g/mol. The summed E-state index contributed by atoms with van der Waals surface area (Å²) < 4.78 is 54.6. The maximum Gasteiger partial charge on any atom is 0.398 e. The number of fused-ring (bicyclic) bond motifs is 1. The molecule has 0 unspecified atom stereocenters. The van der Waals surface area contributed by atoms with Gasteiger partial charge in [0.2, 0.25) is 0 Å². The summed E-state index contributed by atoms with van der Waals surface area (Å²) in [5, 5.41) is 27.3. The maximum atomic E-state index is 13.8. The average molecular weight is 424 g/mol. The van der Waals surface area contributed by atoms with Crippen molar-refractivity contribution in [2.45, 2.75) is 37.0 Å². The summed E-state index contributed by atoms with van der Waals surface area (Å²) in [6.07, 6.45) is -4.84. The zero-order valence-corrected chi connectivity index (χ0v) is 15.4. The first kappa shape index (κ1) is 20.1. The lowest BCUT2D eigenvalue weighted by atomic mass is 9.83. The van der Waals surface area contributed by atoms with E-state index in [0.717, 1.165) is 0 Å². The summed E-state index contributed by atoms with van der Waals surface area (Å²) >= 11 is 0. The number of nitrogens with zero attached hydrogens (tertiary/aromatic N) is 4. The molecule has 12 heteroatoms. The van der Waals surface area contributed by atoms with Crippen LogP contribution in [0.25, 0.3) is 0 Å². The van der Waals surface area contributed by atoms with E-state index in [9.17, 15) is 27.5 Å². The number of anilines is 2. The molecule has 1 amide bonds. The number of aromatic nitrogens is 3. The molecule has 2 atom stereocenters. The van der Waals surface area contributed by atoms with Gasteiger partial charge in [-0.1, -0.05) is 0 Å². The Bertz CT molecular complexity index is 1020. The molecular weight excluding hydrogens is 408 g/mol. The number of amides is 1. The van der Waals surface area contributed by atoms with Crippen molar-refractivity contribution in [1.29, 1.82) is 5.26 Å². The highest BCUT2D eigenvalue weighted by molar-refractivity contribution is 5.97. The zero-order chi connectivity index (χ0) is 21.6. The lowest BCUT2D eigenvalue weighted by molar-refractivity contribution is -0.177. The van der Waals surface area contributed by atoms with E-state index >= 15 is 0 Å². The Balaban J connectivity index is 1.56. The molecule has 2 aliphatic rings. The van der Waals surface area contributed by atoms with Gasteiger partial charge in [-0.25, -0.2) is 9.37 Å². The molecule has 0 aromatic carbocycles. The molecular formula is C18H16F4N6O2. The smallest absolute Gasteiger partial charge is 0.382 e. The van der Waals surface area contributed by atoms with E-state index in [-0.39, 0.29) is 28.7 Å². The van der Waals surface area contributed by atoms with Crippen LogP contribution in [0.2, 0.25) is 0 Å². The number of nitrogens with one attached hydrogen (secondary N) is 2. The van der Waals surface area contributed by atoms with Crippen molar-refractivity contribution < 1.29 is 27.5 Å². The van der Waals surface area contributed by atoms with E-state index in [4.69, 9.17) is 5.26 Å². The van der Waals surface area contributed by atoms with Crippen LogP contribution in [0, 0.1) is 17.1 Å². The number of halogens is 4. The summed E-state index contributed by atoms with van der Waals surface area (Å²) in [7, 11) is 0. The number of pyridine rings is 1. The predicted octanol–water partition coefficient (Wildman–Crippen LogP) is 2.16. The standard InChI is InChI=1S/C18H16F4N6O2/c19-10-5-9(7-24-11(10)6-23)28-3-1-8(2-4-28)14-12-13(18(20,21)22)15(29)17(30)25-16(12)27-26-14/h5,7-8,13,15,29H,1-4H2,(H2,25,26,27,30)/t13-,15-/m1/s1. The summed E-state index contributed by atoms with van der Waals surface area (Å²) in [6.45, 7) is 0.815. The lowest BCUT2D eigenvalue weighted by Gasteiger charge is -2.35. The van der Waals surface area contributed by atoms with Crippen LogP contribution in [-0.4, -0.2) is 51.6 Å². The van der Waals surface area contributed by atoms with E-state index in [1.807, 2.05) is 4.90 Å². The highest BCUT2D eigenvalue weighted by Gasteiger charge is 2.53. The van der Waals surface area contributed by atoms with Crippen LogP contribution >= 0.6 is 0 Å². The van der Waals surface area contributed by atoms with E-state index < -0.39 is 29.9 Å². The lowest BCUT2D eigenvalue weighted by Crippen LogP contribution is -2.44. The second-order valence-corrected chi connectivity index (χ2v) is 7.25. The number of piperidine rings is 1. The predicted molar refractivity (Wildman–Crippen MR) is 95.1 cm³/mol. The van der Waals surface area contributed by atoms with Crippen molar-refractivity contribution in [3.05, 3.63) is 35.0 Å². The van der Waals surface area contributed by atoms with Crippen molar-refractivity contribution in [2.24, 2.45) is 0 Å². The second kappa shape index (κ2) is 7.24. The molecule has 158 valence electrons. The Labute approximate surface area is 167 Å². The highest BCUT2D eigenvalue weighted by Crippen LogP contribution is 2.47. The van der Waals surface area contributed by atoms with Crippen molar-refractivity contribution in [2.75, 3.05) is 23.3 Å². The third kappa shape index (κ3) is 3.35. The summed E-state index contributed by atoms with van der Waals surface area (Å²) in [5.74, 6) is -4.72. The van der Waals surface area contributed by atoms with Gasteiger partial charge in [0, 0.05) is 30.6 Å². The molecule has 0 saturated carbocycles. The Morgan fingerprint density at radius 1 is 1.30 bits per heavy atom. The van der Waals surface area contributed by atoms with E-state index in [1.165, 1.54) is 12.3 Å². The van der Waals surface area contributed by atoms with Gasteiger partial charge in [0.05, 0.1) is 17.6 Å². The van der Waals surface area contributed by atoms with Gasteiger partial charge in [0.15, 0.2) is 11.5 Å². The van der Waals surface area contributed by atoms with Crippen molar-refractivity contribution in [3.63, 3.8) is 0 Å². The molecule has 8 nitrogen and oxygen atoms in total. The van der Waals surface area contributed by atoms with Gasteiger partial charge < -0.3 is 15.3 Å². The highest BCUT2D eigenvalue weighted by atomic mass is 19.4. The number of carbonyl (C=O) groups excluding carboxylic acids is 1. The quantitative estimate of drug-likeness (QED) is 0.636. The van der Waals surface area contributed by atoms with E-state index in [2.05, 4.69) is 20.5 Å². The Morgan fingerprint density at radius 3 is 2.60 bits per heavy atom. The van der Waals surface area contributed by atoms with Crippen LogP contribution < -0.4 is 10.2 Å². The molecule has 0 aliphatic carbocycles. The number of aliphatic hydroxyl groups is 1. The Hall–Kier alpha value is -3.20. The number of carbonyl (C=O) groups is 1. The largest absolute Gasteiger partial charge is 0.398 e. The molecule has 1 saturated heterocycles. The molecule has 30 heavy (non-hydrogen) atoms. The molecule has 2 aliphatic heterocycles. The van der Waals surface area contributed by atoms with Crippen LogP contribution in [0.1, 0.15) is 41.6 Å². The van der Waals surface area contributed by atoms with Crippen molar-refractivity contribution in [1.82, 2.24) is 15.2 Å². The minimum atomic E-state index is -4.82. The summed E-state index contributed by atoms with van der Waals surface area (Å²) in [6, 6.07) is 2.85. The fourth-order valence-corrected chi connectivity index (χ4v) is 4.03. The molecule has 4 heterocycles. The van der Waals surface area contributed by atoms with Gasteiger partial charge in [-0.15, -0.1) is 0 Å². The van der Waals surface area contributed by atoms with Crippen LogP contribution in [0.3, 0.4) is 0 Å².